The number of hydrogen-bond acceptors (Lipinski definition) is 17. The normalized spacial score (nSPS) is 38.4. The highest BCUT2D eigenvalue weighted by Crippen LogP contribution is 2.40. The van der Waals surface area contributed by atoms with E-state index >= 15 is 0 Å². The maximum Gasteiger partial charge on any atom is 0.311 e. The number of carbonyl (C=O) groups is 1. The molecule has 0 saturated carbocycles. The van der Waals surface area contributed by atoms with Gasteiger partial charge in [0.05, 0.1) is 53.3 Å². The fourth-order valence-electron chi connectivity index (χ4n) is 11.6. The van der Waals surface area contributed by atoms with E-state index in [1.165, 1.54) is 14.0 Å². The number of benzene rings is 1. The predicted octanol–water partition coefficient (Wildman–Crippen LogP) is 5.68. The lowest BCUT2D eigenvalue weighted by atomic mass is 9.77. The largest absolute Gasteiger partial charge is 0.459 e. The number of methoxy groups -OCH3 is 1. The molecule has 0 bridgehead atoms. The van der Waals surface area contributed by atoms with E-state index in [9.17, 15) is 34.7 Å². The molecule has 3 aromatic rings. The van der Waals surface area contributed by atoms with Gasteiger partial charge in [0.1, 0.15) is 36.7 Å². The summed E-state index contributed by atoms with van der Waals surface area (Å²) in [7, 11) is 5.23. The van der Waals surface area contributed by atoms with Crippen LogP contribution in [0.2, 0.25) is 0 Å². The number of likely N-dealkylation sites (N-methyl/N-ethyl adjacent to an activating group) is 2. The molecule has 20 heteroatoms. The first-order valence-corrected chi connectivity index (χ1v) is 27.5. The summed E-state index contributed by atoms with van der Waals surface area (Å²) in [6.45, 7) is 17.7. The van der Waals surface area contributed by atoms with Crippen LogP contribution < -0.4 is 0 Å². The first-order valence-electron chi connectivity index (χ1n) is 26.7. The van der Waals surface area contributed by atoms with Crippen LogP contribution in [0.4, 0.5) is 4.39 Å². The van der Waals surface area contributed by atoms with E-state index in [4.69, 9.17) is 28.4 Å². The SMILES string of the molecule is CC[C@H]1OC(=O)[C@H](C)[C@@H](O[C@H]2C[C@@](C)(OC)[C@@H](O)[C@H](C)O2)[C@H](C)[C@@H](O[C@@H]2O[C@H](C)C[C@H](N(C)CCc3cn([C@H](CF)Cc4ccc(-c5cncc(Br)c5)cc4)nn3)[C@H]2O)[C@](C)(O)C[C@@H](C)CN(C)[C@H](C)[C@@H](O)[C@]1(C)O. The van der Waals surface area contributed by atoms with Crippen LogP contribution in [-0.2, 0) is 46.1 Å². The van der Waals surface area contributed by atoms with Crippen LogP contribution in [0.3, 0.4) is 0 Å². The Labute approximate surface area is 451 Å². The Morgan fingerprint density at radius 2 is 1.67 bits per heavy atom. The molecule has 5 heterocycles. The lowest BCUT2D eigenvalue weighted by Crippen LogP contribution is -2.61. The molecule has 3 saturated heterocycles. The Morgan fingerprint density at radius 1 is 0.973 bits per heavy atom. The van der Waals surface area contributed by atoms with Crippen molar-refractivity contribution < 1.29 is 63.1 Å². The van der Waals surface area contributed by atoms with Crippen molar-refractivity contribution >= 4 is 21.9 Å². The molecule has 75 heavy (non-hydrogen) atoms. The van der Waals surface area contributed by atoms with Crippen molar-refractivity contribution in [1.82, 2.24) is 29.8 Å². The number of alkyl halides is 1. The van der Waals surface area contributed by atoms with E-state index in [0.717, 1.165) is 21.2 Å². The van der Waals surface area contributed by atoms with E-state index in [1.807, 2.05) is 68.1 Å². The molecule has 0 amide bonds. The second-order valence-electron chi connectivity index (χ2n) is 22.7. The lowest BCUT2D eigenvalue weighted by molar-refractivity contribution is -0.318. The van der Waals surface area contributed by atoms with Gasteiger partial charge in [-0.05, 0) is 127 Å². The minimum absolute atomic E-state index is 0.0887. The summed E-state index contributed by atoms with van der Waals surface area (Å²) in [6, 6.07) is 8.33. The number of hydrogen-bond donors (Lipinski definition) is 5. The van der Waals surface area contributed by atoms with E-state index in [2.05, 4.69) is 31.2 Å². The molecular formula is C55H86BrFN6O12. The summed E-state index contributed by atoms with van der Waals surface area (Å²) in [5, 5.41) is 68.5. The molecular weight excluding hydrogens is 1040 g/mol. The topological polar surface area (TPSA) is 224 Å². The molecule has 0 spiro atoms. The Morgan fingerprint density at radius 3 is 2.31 bits per heavy atom. The third-order valence-electron chi connectivity index (χ3n) is 16.4. The van der Waals surface area contributed by atoms with Gasteiger partial charge in [-0.15, -0.1) is 5.10 Å². The van der Waals surface area contributed by atoms with Crippen LogP contribution in [0.25, 0.3) is 11.1 Å². The van der Waals surface area contributed by atoms with Crippen molar-refractivity contribution in [3.05, 3.63) is 64.7 Å². The van der Waals surface area contributed by atoms with Crippen LogP contribution in [-0.4, -0.2) is 193 Å². The summed E-state index contributed by atoms with van der Waals surface area (Å²) in [4.78, 5) is 22.7. The van der Waals surface area contributed by atoms with E-state index in [0.29, 0.717) is 38.0 Å². The van der Waals surface area contributed by atoms with Gasteiger partial charge in [0.15, 0.2) is 12.6 Å². The summed E-state index contributed by atoms with van der Waals surface area (Å²) < 4.78 is 55.4. The van der Waals surface area contributed by atoms with Gasteiger partial charge in [-0.3, -0.25) is 9.78 Å². The van der Waals surface area contributed by atoms with Gasteiger partial charge < -0.3 is 63.8 Å². The fourth-order valence-corrected chi connectivity index (χ4v) is 12.0. The fraction of sp³-hybridized carbons (Fsp3) is 0.745. The van der Waals surface area contributed by atoms with Gasteiger partial charge in [-0.25, -0.2) is 9.07 Å². The molecule has 0 unspecified atom stereocenters. The van der Waals surface area contributed by atoms with E-state index in [-0.39, 0.29) is 25.2 Å². The van der Waals surface area contributed by atoms with Gasteiger partial charge in [0.25, 0.3) is 0 Å². The Hall–Kier alpha value is -3.09. The molecule has 0 aliphatic carbocycles. The standard InChI is InChI=1S/C55H86BrFN6O12/c1-14-44-55(10,69)48(65)35(6)62(12)29-31(2)24-53(8,68)50(33(4)47(34(5)51(67)73-44)74-45-25-54(9,70-13)49(66)36(7)72-45)75-52-46(64)43(21-32(3)71-52)61(11)20-19-41-30-63(60-59-41)42(26-57)22-37-15-17-38(18-16-37)39-23-40(56)28-58-27-39/h15-18,23,27-28,30-36,42-50,52,64-66,68-69H,14,19-22,24-26,29H2,1-13H3/t31-,32-,33+,34-,35-,36+,42+,43+,44-,45+,46-,47+,48-,49+,50-,52+,53-,54-,55-/m1/s1. The molecule has 2 aromatic heterocycles. The van der Waals surface area contributed by atoms with Gasteiger partial charge in [0, 0.05) is 79.7 Å². The quantitative estimate of drug-likeness (QED) is 0.115. The van der Waals surface area contributed by atoms with Crippen molar-refractivity contribution in [2.24, 2.45) is 17.8 Å². The Kier molecular flexibility index (Phi) is 21.0. The van der Waals surface area contributed by atoms with Gasteiger partial charge >= 0.3 is 5.97 Å². The monoisotopic (exact) mass is 1120 g/mol. The highest BCUT2D eigenvalue weighted by atomic mass is 79.9. The van der Waals surface area contributed by atoms with Crippen LogP contribution in [0.15, 0.2) is 53.4 Å². The number of aliphatic hydroxyl groups is 5. The molecule has 3 aliphatic heterocycles. The number of esters is 1. The minimum atomic E-state index is -1.85. The second-order valence-corrected chi connectivity index (χ2v) is 23.6. The molecule has 0 radical (unpaired) electrons. The third kappa shape index (κ3) is 14.6. The Balaban J connectivity index is 1.24. The predicted molar refractivity (Wildman–Crippen MR) is 283 cm³/mol. The van der Waals surface area contributed by atoms with Crippen LogP contribution in [0.1, 0.15) is 112 Å². The molecule has 3 fully saturated rings. The number of nitrogens with zero attached hydrogens (tertiary/aromatic N) is 6. The van der Waals surface area contributed by atoms with Gasteiger partial charge in [0.2, 0.25) is 0 Å². The van der Waals surface area contributed by atoms with Crippen LogP contribution in [0.5, 0.6) is 0 Å². The first kappa shape index (κ1) is 61.1. The summed E-state index contributed by atoms with van der Waals surface area (Å²) >= 11 is 3.47. The number of halogens is 2. The number of ether oxygens (including phenoxy) is 6. The molecule has 3 aliphatic rings. The molecule has 19 atom stereocenters. The second kappa shape index (κ2) is 25.8. The van der Waals surface area contributed by atoms with E-state index < -0.39 is 121 Å². The van der Waals surface area contributed by atoms with Crippen molar-refractivity contribution in [3.63, 3.8) is 0 Å². The van der Waals surface area contributed by atoms with Crippen molar-refractivity contribution in [2.75, 3.05) is 41.0 Å². The Bertz CT molecular complexity index is 2280. The van der Waals surface area contributed by atoms with Crippen LogP contribution in [0, 0.1) is 17.8 Å². The van der Waals surface area contributed by atoms with Crippen LogP contribution >= 0.6 is 15.9 Å². The number of pyridine rings is 1. The average molecular weight is 1120 g/mol. The molecule has 1 aromatic carbocycles. The molecule has 6 rings (SSSR count). The zero-order valence-electron chi connectivity index (χ0n) is 46.3. The first-order chi connectivity index (χ1) is 35.2. The molecule has 422 valence electrons. The zero-order chi connectivity index (χ0) is 55.3. The highest BCUT2D eigenvalue weighted by molar-refractivity contribution is 9.10. The smallest absolute Gasteiger partial charge is 0.311 e. The number of rotatable bonds is 15. The summed E-state index contributed by atoms with van der Waals surface area (Å²) in [5.41, 5.74) is -0.994. The van der Waals surface area contributed by atoms with Gasteiger partial charge in [-0.1, -0.05) is 50.3 Å². The number of aliphatic hydroxyl groups excluding tert-OH is 3. The number of carbonyl (C=O) groups excluding carboxylic acids is 1. The van der Waals surface area contributed by atoms with Gasteiger partial charge in [-0.2, -0.15) is 0 Å². The van der Waals surface area contributed by atoms with E-state index in [1.54, 1.807) is 71.7 Å². The van der Waals surface area contributed by atoms with Crippen molar-refractivity contribution in [1.29, 1.82) is 0 Å². The summed E-state index contributed by atoms with van der Waals surface area (Å²) in [5.74, 6) is -2.85. The lowest BCUT2D eigenvalue weighted by Gasteiger charge is -2.49. The number of aromatic nitrogens is 4. The maximum atomic E-state index is 14.6. The third-order valence-corrected chi connectivity index (χ3v) is 16.8. The highest BCUT2D eigenvalue weighted by Gasteiger charge is 2.53. The summed E-state index contributed by atoms with van der Waals surface area (Å²) in [6.07, 6.45) is -3.19. The minimum Gasteiger partial charge on any atom is -0.459 e. The van der Waals surface area contributed by atoms with Crippen molar-refractivity contribution in [2.45, 2.75) is 204 Å². The molecule has 18 nitrogen and oxygen atoms in total. The zero-order valence-corrected chi connectivity index (χ0v) is 47.8. The number of cyclic esters (lactones) is 1. The molecule has 5 N–H and O–H groups in total. The maximum absolute atomic E-state index is 14.6. The average Bonchev–Trinajstić information content (AvgIpc) is 3.84. The van der Waals surface area contributed by atoms with Crippen molar-refractivity contribution in [3.8, 4) is 11.1 Å².